The van der Waals surface area contributed by atoms with E-state index in [1.165, 1.54) is 18.2 Å². The second-order valence-corrected chi connectivity index (χ2v) is 3.30. The Balaban J connectivity index is 2.50. The molecule has 0 saturated carbocycles. The first-order chi connectivity index (χ1) is 7.16. The lowest BCUT2D eigenvalue weighted by atomic mass is 10.1. The minimum absolute atomic E-state index is 0.110. The van der Waals surface area contributed by atoms with E-state index in [1.807, 2.05) is 0 Å². The third-order valence-corrected chi connectivity index (χ3v) is 2.18. The summed E-state index contributed by atoms with van der Waals surface area (Å²) in [5.41, 5.74) is 0.816. The van der Waals surface area contributed by atoms with Gasteiger partial charge in [0.2, 0.25) is 5.43 Å². The Morgan fingerprint density at radius 1 is 1.27 bits per heavy atom. The highest BCUT2D eigenvalue weighted by atomic mass is 35.5. The minimum Gasteiger partial charge on any atom is -0.286 e. The fourth-order valence-electron chi connectivity index (χ4n) is 1.16. The monoisotopic (exact) mass is 224 g/mol. The van der Waals surface area contributed by atoms with E-state index >= 15 is 0 Å². The van der Waals surface area contributed by atoms with Crippen LogP contribution in [0.5, 0.6) is 0 Å². The molecule has 1 N–H and O–H groups in total. The predicted molar refractivity (Wildman–Crippen MR) is 55.3 cm³/mol. The standard InChI is InChI=1S/C10H6ClFN2O/c11-10-9(15)5-8(13-14-10)6-1-3-7(12)4-2-6/h1-5H,(H,13,15). The molecular weight excluding hydrogens is 219 g/mol. The molecule has 2 rings (SSSR count). The lowest BCUT2D eigenvalue weighted by Gasteiger charge is -2.00. The van der Waals surface area contributed by atoms with Crippen LogP contribution >= 0.6 is 11.6 Å². The molecule has 0 radical (unpaired) electrons. The Hall–Kier alpha value is -1.68. The molecule has 0 atom stereocenters. The lowest BCUT2D eigenvalue weighted by Crippen LogP contribution is -2.04. The fourth-order valence-corrected chi connectivity index (χ4v) is 1.26. The second kappa shape index (κ2) is 3.82. The molecule has 76 valence electrons. The van der Waals surface area contributed by atoms with Gasteiger partial charge in [-0.3, -0.25) is 9.89 Å². The molecule has 0 aliphatic rings. The molecule has 2 aromatic rings. The van der Waals surface area contributed by atoms with Crippen molar-refractivity contribution >= 4 is 11.6 Å². The largest absolute Gasteiger partial charge is 0.286 e. The van der Waals surface area contributed by atoms with E-state index in [2.05, 4.69) is 10.2 Å². The number of hydrogen-bond acceptors (Lipinski definition) is 2. The van der Waals surface area contributed by atoms with Crippen LogP contribution in [0.25, 0.3) is 11.3 Å². The van der Waals surface area contributed by atoms with Crippen molar-refractivity contribution in [1.82, 2.24) is 10.2 Å². The summed E-state index contributed by atoms with van der Waals surface area (Å²) in [5.74, 6) is -0.331. The van der Waals surface area contributed by atoms with Crippen LogP contribution in [0, 0.1) is 5.82 Å². The molecule has 0 spiro atoms. The zero-order valence-electron chi connectivity index (χ0n) is 7.50. The highest BCUT2D eigenvalue weighted by Gasteiger charge is 2.02. The molecule has 1 aromatic heterocycles. The zero-order valence-corrected chi connectivity index (χ0v) is 8.25. The van der Waals surface area contributed by atoms with Crippen molar-refractivity contribution in [3.05, 3.63) is 51.5 Å². The van der Waals surface area contributed by atoms with Crippen LogP contribution in [0.15, 0.2) is 35.1 Å². The molecule has 0 bridgehead atoms. The van der Waals surface area contributed by atoms with Crippen LogP contribution in [-0.2, 0) is 0 Å². The maximum absolute atomic E-state index is 12.6. The predicted octanol–water partition coefficient (Wildman–Crippen LogP) is 2.23. The molecule has 0 saturated heterocycles. The first-order valence-electron chi connectivity index (χ1n) is 4.18. The number of halogens is 2. The number of rotatable bonds is 1. The summed E-state index contributed by atoms with van der Waals surface area (Å²) >= 11 is 5.48. The molecule has 3 nitrogen and oxygen atoms in total. The van der Waals surface area contributed by atoms with Gasteiger partial charge in [0.15, 0.2) is 5.15 Å². The molecule has 5 heteroatoms. The number of hydrogen-bond donors (Lipinski definition) is 1. The van der Waals surface area contributed by atoms with Gasteiger partial charge in [0, 0.05) is 6.07 Å². The van der Waals surface area contributed by atoms with Crippen molar-refractivity contribution in [2.45, 2.75) is 0 Å². The fraction of sp³-hybridized carbons (Fsp3) is 0. The van der Waals surface area contributed by atoms with Crippen molar-refractivity contribution < 1.29 is 4.39 Å². The summed E-state index contributed by atoms with van der Waals surface area (Å²) in [4.78, 5) is 11.2. The molecule has 15 heavy (non-hydrogen) atoms. The van der Waals surface area contributed by atoms with Crippen LogP contribution in [0.4, 0.5) is 4.39 Å². The van der Waals surface area contributed by atoms with Crippen molar-refractivity contribution in [3.63, 3.8) is 0 Å². The van der Waals surface area contributed by atoms with E-state index in [0.29, 0.717) is 11.3 Å². The highest BCUT2D eigenvalue weighted by molar-refractivity contribution is 6.29. The summed E-state index contributed by atoms with van der Waals surface area (Å²) < 4.78 is 12.6. The second-order valence-electron chi connectivity index (χ2n) is 2.94. The third-order valence-electron chi connectivity index (χ3n) is 1.91. The quantitative estimate of drug-likeness (QED) is 0.808. The van der Waals surface area contributed by atoms with Crippen LogP contribution < -0.4 is 5.43 Å². The van der Waals surface area contributed by atoms with Gasteiger partial charge in [-0.25, -0.2) is 4.39 Å². The molecule has 0 aliphatic carbocycles. The molecule has 0 aliphatic heterocycles. The summed E-state index contributed by atoms with van der Waals surface area (Å²) in [5, 5.41) is 6.11. The van der Waals surface area contributed by atoms with Gasteiger partial charge in [-0.05, 0) is 29.8 Å². The van der Waals surface area contributed by atoms with Gasteiger partial charge in [-0.2, -0.15) is 5.10 Å². The van der Waals surface area contributed by atoms with Crippen LogP contribution in [0.3, 0.4) is 0 Å². The maximum Gasteiger partial charge on any atom is 0.219 e. The maximum atomic E-state index is 12.6. The van der Waals surface area contributed by atoms with Crippen molar-refractivity contribution in [2.75, 3.05) is 0 Å². The Kier molecular flexibility index (Phi) is 2.51. The van der Waals surface area contributed by atoms with E-state index in [1.54, 1.807) is 12.1 Å². The highest BCUT2D eigenvalue weighted by Crippen LogP contribution is 2.15. The molecular formula is C10H6ClFN2O. The minimum atomic E-state index is -0.366. The lowest BCUT2D eigenvalue weighted by molar-refractivity contribution is 0.628. The topological polar surface area (TPSA) is 45.8 Å². The van der Waals surface area contributed by atoms with E-state index < -0.39 is 0 Å². The summed E-state index contributed by atoms with van der Waals surface area (Å²) in [6.07, 6.45) is 0. The van der Waals surface area contributed by atoms with E-state index in [-0.39, 0.29) is 16.4 Å². The number of nitrogens with zero attached hydrogens (tertiary/aromatic N) is 1. The van der Waals surface area contributed by atoms with E-state index in [4.69, 9.17) is 11.6 Å². The number of benzene rings is 1. The molecule has 0 fully saturated rings. The van der Waals surface area contributed by atoms with Crippen molar-refractivity contribution in [3.8, 4) is 11.3 Å². The molecule has 0 amide bonds. The van der Waals surface area contributed by atoms with Gasteiger partial charge in [-0.15, -0.1) is 0 Å². The molecule has 1 heterocycles. The first kappa shape index (κ1) is 9.86. The number of aromatic nitrogens is 2. The van der Waals surface area contributed by atoms with Gasteiger partial charge >= 0.3 is 0 Å². The molecule has 0 unspecified atom stereocenters. The Morgan fingerprint density at radius 3 is 2.53 bits per heavy atom. The Morgan fingerprint density at radius 2 is 1.93 bits per heavy atom. The van der Waals surface area contributed by atoms with Gasteiger partial charge in [0.25, 0.3) is 0 Å². The van der Waals surface area contributed by atoms with Gasteiger partial charge in [0.05, 0.1) is 5.69 Å². The number of nitrogens with one attached hydrogen (secondary N) is 1. The van der Waals surface area contributed by atoms with Crippen LogP contribution in [0.2, 0.25) is 5.15 Å². The Bertz CT molecular complexity index is 536. The van der Waals surface area contributed by atoms with Gasteiger partial charge in [-0.1, -0.05) is 11.6 Å². The SMILES string of the molecule is O=c1cc(-c2ccc(F)cc2)[nH]nc1Cl. The smallest absolute Gasteiger partial charge is 0.219 e. The van der Waals surface area contributed by atoms with Crippen molar-refractivity contribution in [1.29, 1.82) is 0 Å². The van der Waals surface area contributed by atoms with Gasteiger partial charge < -0.3 is 0 Å². The summed E-state index contributed by atoms with van der Waals surface area (Å²) in [6.45, 7) is 0. The van der Waals surface area contributed by atoms with Crippen molar-refractivity contribution in [2.24, 2.45) is 0 Å². The van der Waals surface area contributed by atoms with Gasteiger partial charge in [0.1, 0.15) is 5.82 Å². The third kappa shape index (κ3) is 2.05. The number of H-pyrrole nitrogens is 1. The zero-order chi connectivity index (χ0) is 10.8. The normalized spacial score (nSPS) is 10.3. The Labute approximate surface area is 89.5 Å². The van der Waals surface area contributed by atoms with Crippen LogP contribution in [0.1, 0.15) is 0 Å². The average Bonchev–Trinajstić information content (AvgIpc) is 2.23. The van der Waals surface area contributed by atoms with Crippen LogP contribution in [-0.4, -0.2) is 10.2 Å². The molecule has 1 aromatic carbocycles. The first-order valence-corrected chi connectivity index (χ1v) is 4.56. The summed E-state index contributed by atoms with van der Waals surface area (Å²) in [7, 11) is 0. The summed E-state index contributed by atoms with van der Waals surface area (Å²) in [6, 6.07) is 7.04. The number of aromatic amines is 1. The van der Waals surface area contributed by atoms with E-state index in [0.717, 1.165) is 0 Å². The van der Waals surface area contributed by atoms with E-state index in [9.17, 15) is 9.18 Å². The average molecular weight is 225 g/mol.